The first-order valence-corrected chi connectivity index (χ1v) is 10.9. The largest absolute Gasteiger partial charge is 0.497 e. The zero-order valence-electron chi connectivity index (χ0n) is 18.4. The second-order valence-electron chi connectivity index (χ2n) is 7.92. The van der Waals surface area contributed by atoms with Crippen molar-refractivity contribution in [3.05, 3.63) is 102 Å². The molecule has 4 aromatic rings. The maximum absolute atomic E-state index is 13.6. The molecule has 33 heavy (non-hydrogen) atoms. The highest BCUT2D eigenvalue weighted by Crippen LogP contribution is 2.27. The second-order valence-corrected chi connectivity index (χ2v) is 7.92. The summed E-state index contributed by atoms with van der Waals surface area (Å²) >= 11 is 0. The van der Waals surface area contributed by atoms with E-state index in [1.165, 1.54) is 11.1 Å². The van der Waals surface area contributed by atoms with Crippen molar-refractivity contribution in [1.29, 1.82) is 0 Å². The number of anilines is 2. The van der Waals surface area contributed by atoms with Crippen LogP contribution in [0.3, 0.4) is 0 Å². The SMILES string of the molecule is COc1cccc(Nc2nc(-c3ccccc3)ncc2C(=O)N2CCc3ccccc3C2)c1. The van der Waals surface area contributed by atoms with Crippen LogP contribution < -0.4 is 10.1 Å². The van der Waals surface area contributed by atoms with Crippen LogP contribution in [-0.4, -0.2) is 34.4 Å². The van der Waals surface area contributed by atoms with Crippen molar-refractivity contribution in [3.8, 4) is 17.1 Å². The Kier molecular flexibility index (Phi) is 5.72. The smallest absolute Gasteiger partial charge is 0.259 e. The number of nitrogens with zero attached hydrogens (tertiary/aromatic N) is 3. The van der Waals surface area contributed by atoms with Crippen LogP contribution >= 0.6 is 0 Å². The highest BCUT2D eigenvalue weighted by Gasteiger charge is 2.25. The first-order valence-electron chi connectivity index (χ1n) is 10.9. The molecule has 0 atom stereocenters. The minimum atomic E-state index is -0.0884. The molecule has 0 radical (unpaired) electrons. The number of carbonyl (C=O) groups is 1. The van der Waals surface area contributed by atoms with Gasteiger partial charge in [-0.3, -0.25) is 4.79 Å². The van der Waals surface area contributed by atoms with Gasteiger partial charge in [0.2, 0.25) is 0 Å². The number of nitrogens with one attached hydrogen (secondary N) is 1. The van der Waals surface area contributed by atoms with Crippen molar-refractivity contribution in [2.45, 2.75) is 13.0 Å². The van der Waals surface area contributed by atoms with Crippen LogP contribution in [0.4, 0.5) is 11.5 Å². The molecule has 164 valence electrons. The van der Waals surface area contributed by atoms with Gasteiger partial charge in [-0.25, -0.2) is 9.97 Å². The van der Waals surface area contributed by atoms with Gasteiger partial charge in [0, 0.05) is 36.6 Å². The second kappa shape index (κ2) is 9.12. The number of rotatable bonds is 5. The van der Waals surface area contributed by atoms with Crippen LogP contribution in [0.1, 0.15) is 21.5 Å². The van der Waals surface area contributed by atoms with Crippen molar-refractivity contribution in [2.24, 2.45) is 0 Å². The minimum absolute atomic E-state index is 0.0884. The van der Waals surface area contributed by atoms with Crippen LogP contribution in [0, 0.1) is 0 Å². The van der Waals surface area contributed by atoms with Gasteiger partial charge >= 0.3 is 0 Å². The first-order chi connectivity index (χ1) is 16.2. The molecule has 2 heterocycles. The van der Waals surface area contributed by atoms with Crippen LogP contribution in [0.2, 0.25) is 0 Å². The van der Waals surface area contributed by atoms with Gasteiger partial charge in [0.05, 0.1) is 7.11 Å². The maximum atomic E-state index is 13.6. The van der Waals surface area contributed by atoms with Crippen LogP contribution in [-0.2, 0) is 13.0 Å². The Bertz CT molecular complexity index is 1290. The zero-order chi connectivity index (χ0) is 22.6. The summed E-state index contributed by atoms with van der Waals surface area (Å²) in [7, 11) is 1.63. The molecule has 1 N–H and O–H groups in total. The van der Waals surface area contributed by atoms with E-state index in [9.17, 15) is 4.79 Å². The van der Waals surface area contributed by atoms with Crippen molar-refractivity contribution < 1.29 is 9.53 Å². The molecule has 6 heteroatoms. The van der Waals surface area contributed by atoms with E-state index in [0.717, 1.165) is 23.4 Å². The molecular formula is C27H24N4O2. The van der Waals surface area contributed by atoms with Crippen molar-refractivity contribution in [1.82, 2.24) is 14.9 Å². The molecule has 1 aliphatic heterocycles. The Hall–Kier alpha value is -4.19. The number of carbonyl (C=O) groups excluding carboxylic acids is 1. The van der Waals surface area contributed by atoms with Crippen LogP contribution in [0.25, 0.3) is 11.4 Å². The summed E-state index contributed by atoms with van der Waals surface area (Å²) in [4.78, 5) is 24.7. The van der Waals surface area contributed by atoms with Gasteiger partial charge in [-0.1, -0.05) is 60.7 Å². The number of benzene rings is 3. The van der Waals surface area contributed by atoms with Gasteiger partial charge in [-0.15, -0.1) is 0 Å². The topological polar surface area (TPSA) is 67.3 Å². The molecule has 0 saturated heterocycles. The summed E-state index contributed by atoms with van der Waals surface area (Å²) in [5, 5.41) is 3.32. The van der Waals surface area contributed by atoms with E-state index in [4.69, 9.17) is 9.72 Å². The molecule has 0 aliphatic carbocycles. The quantitative estimate of drug-likeness (QED) is 0.472. The number of hydrogen-bond acceptors (Lipinski definition) is 5. The number of hydrogen-bond donors (Lipinski definition) is 1. The van der Waals surface area contributed by atoms with E-state index in [1.807, 2.05) is 71.6 Å². The molecule has 1 aliphatic rings. The Labute approximate surface area is 192 Å². The predicted octanol–water partition coefficient (Wildman–Crippen LogP) is 5.09. The standard InChI is InChI=1S/C27H24N4O2/c1-33-23-13-7-12-22(16-23)29-26-24(17-28-25(30-26)20-9-3-2-4-10-20)27(32)31-15-14-19-8-5-6-11-21(19)18-31/h2-13,16-17H,14-15,18H2,1H3,(H,28,29,30). The molecule has 0 bridgehead atoms. The summed E-state index contributed by atoms with van der Waals surface area (Å²) in [5.41, 5.74) is 4.59. The summed E-state index contributed by atoms with van der Waals surface area (Å²) in [5.74, 6) is 1.66. The monoisotopic (exact) mass is 436 g/mol. The molecule has 0 saturated carbocycles. The summed E-state index contributed by atoms with van der Waals surface area (Å²) in [6.07, 6.45) is 2.46. The summed E-state index contributed by atoms with van der Waals surface area (Å²) in [6, 6.07) is 25.6. The zero-order valence-corrected chi connectivity index (χ0v) is 18.4. The summed E-state index contributed by atoms with van der Waals surface area (Å²) < 4.78 is 5.34. The number of ether oxygens (including phenoxy) is 1. The highest BCUT2D eigenvalue weighted by atomic mass is 16.5. The van der Waals surface area contributed by atoms with Crippen molar-refractivity contribution >= 4 is 17.4 Å². The molecule has 1 aromatic heterocycles. The lowest BCUT2D eigenvalue weighted by Crippen LogP contribution is -2.36. The Morgan fingerprint density at radius 3 is 2.58 bits per heavy atom. The number of fused-ring (bicyclic) bond motifs is 1. The van der Waals surface area contributed by atoms with Crippen molar-refractivity contribution in [3.63, 3.8) is 0 Å². The van der Waals surface area contributed by atoms with Gasteiger partial charge in [-0.2, -0.15) is 0 Å². The molecule has 3 aromatic carbocycles. The molecule has 0 fully saturated rings. The van der Waals surface area contributed by atoms with E-state index < -0.39 is 0 Å². The highest BCUT2D eigenvalue weighted by molar-refractivity contribution is 5.99. The fourth-order valence-electron chi connectivity index (χ4n) is 4.04. The van der Waals surface area contributed by atoms with Gasteiger partial charge in [0.1, 0.15) is 17.1 Å². The number of aromatic nitrogens is 2. The normalized spacial score (nSPS) is 12.7. The average molecular weight is 437 g/mol. The van der Waals surface area contributed by atoms with E-state index >= 15 is 0 Å². The fraction of sp³-hybridized carbons (Fsp3) is 0.148. The van der Waals surface area contributed by atoms with Gasteiger partial charge in [-0.05, 0) is 29.7 Å². The Balaban J connectivity index is 1.51. The van der Waals surface area contributed by atoms with E-state index in [0.29, 0.717) is 30.3 Å². The van der Waals surface area contributed by atoms with E-state index in [1.54, 1.807) is 13.3 Å². The number of methoxy groups -OCH3 is 1. The molecule has 0 spiro atoms. The third-order valence-corrected chi connectivity index (χ3v) is 5.80. The number of amides is 1. The third kappa shape index (κ3) is 4.41. The van der Waals surface area contributed by atoms with E-state index in [-0.39, 0.29) is 5.91 Å². The van der Waals surface area contributed by atoms with E-state index in [2.05, 4.69) is 22.4 Å². The lowest BCUT2D eigenvalue weighted by atomic mass is 9.99. The Morgan fingerprint density at radius 1 is 0.970 bits per heavy atom. The maximum Gasteiger partial charge on any atom is 0.259 e. The predicted molar refractivity (Wildman–Crippen MR) is 129 cm³/mol. The van der Waals surface area contributed by atoms with Crippen LogP contribution in [0.5, 0.6) is 5.75 Å². The lowest BCUT2D eigenvalue weighted by Gasteiger charge is -2.29. The minimum Gasteiger partial charge on any atom is -0.497 e. The molecule has 6 nitrogen and oxygen atoms in total. The van der Waals surface area contributed by atoms with Crippen LogP contribution in [0.15, 0.2) is 85.1 Å². The van der Waals surface area contributed by atoms with Crippen molar-refractivity contribution in [2.75, 3.05) is 19.0 Å². The molecular weight excluding hydrogens is 412 g/mol. The van der Waals surface area contributed by atoms with Gasteiger partial charge in [0.25, 0.3) is 5.91 Å². The summed E-state index contributed by atoms with van der Waals surface area (Å²) in [6.45, 7) is 1.24. The Morgan fingerprint density at radius 2 is 1.76 bits per heavy atom. The first kappa shape index (κ1) is 20.7. The average Bonchev–Trinajstić information content (AvgIpc) is 2.88. The van der Waals surface area contributed by atoms with Gasteiger partial charge < -0.3 is 15.0 Å². The third-order valence-electron chi connectivity index (χ3n) is 5.80. The molecule has 0 unspecified atom stereocenters. The lowest BCUT2D eigenvalue weighted by molar-refractivity contribution is 0.0735. The molecule has 5 rings (SSSR count). The fourth-order valence-corrected chi connectivity index (χ4v) is 4.04. The molecule has 1 amide bonds. The van der Waals surface area contributed by atoms with Gasteiger partial charge in [0.15, 0.2) is 5.82 Å².